The Morgan fingerprint density at radius 2 is 1.81 bits per heavy atom. The van der Waals surface area contributed by atoms with Crippen LogP contribution in [0.2, 0.25) is 0 Å². The number of carbonyl (C=O) groups excluding carboxylic acids is 1. The number of benzene rings is 1. The smallest absolute Gasteiger partial charge is 0.318 e. The van der Waals surface area contributed by atoms with Crippen molar-refractivity contribution in [2.75, 3.05) is 31.2 Å². The van der Waals surface area contributed by atoms with Crippen LogP contribution in [-0.2, 0) is 9.53 Å². The lowest BCUT2D eigenvalue weighted by Gasteiger charge is -2.25. The summed E-state index contributed by atoms with van der Waals surface area (Å²) >= 11 is 0. The van der Waals surface area contributed by atoms with Crippen molar-refractivity contribution < 1.29 is 13.9 Å². The summed E-state index contributed by atoms with van der Waals surface area (Å²) in [5.41, 5.74) is 0.943. The molecule has 2 aliphatic rings. The van der Waals surface area contributed by atoms with Crippen LogP contribution in [0.3, 0.4) is 0 Å². The fourth-order valence-corrected chi connectivity index (χ4v) is 3.78. The SMILES string of the molecule is O=C(N[C@@H](c1ccccc1)c1nnc(N2CCOCC2)o1)C1CCCCC1. The molecular formula is C20H26N4O3. The maximum atomic E-state index is 12.8. The van der Waals surface area contributed by atoms with E-state index in [9.17, 15) is 4.79 Å². The zero-order chi connectivity index (χ0) is 18.5. The normalized spacial score (nSPS) is 19.6. The molecule has 4 rings (SSSR count). The second-order valence-corrected chi connectivity index (χ2v) is 7.21. The number of amides is 1. The minimum absolute atomic E-state index is 0.0756. The van der Waals surface area contributed by atoms with Crippen LogP contribution in [0.1, 0.15) is 49.6 Å². The topological polar surface area (TPSA) is 80.5 Å². The molecule has 1 aromatic heterocycles. The summed E-state index contributed by atoms with van der Waals surface area (Å²) in [6.45, 7) is 2.76. The molecule has 1 aliphatic carbocycles. The van der Waals surface area contributed by atoms with Gasteiger partial charge in [0, 0.05) is 19.0 Å². The molecule has 7 heteroatoms. The summed E-state index contributed by atoms with van der Waals surface area (Å²) in [6.07, 6.45) is 5.37. The second-order valence-electron chi connectivity index (χ2n) is 7.21. The number of carbonyl (C=O) groups is 1. The molecule has 1 amide bonds. The van der Waals surface area contributed by atoms with E-state index < -0.39 is 6.04 Å². The Labute approximate surface area is 159 Å². The quantitative estimate of drug-likeness (QED) is 0.872. The van der Waals surface area contributed by atoms with E-state index in [-0.39, 0.29) is 11.8 Å². The molecule has 0 unspecified atom stereocenters. The monoisotopic (exact) mass is 370 g/mol. The van der Waals surface area contributed by atoms with E-state index in [0.717, 1.165) is 44.3 Å². The lowest BCUT2D eigenvalue weighted by atomic mass is 9.88. The largest absolute Gasteiger partial charge is 0.405 e. The molecule has 1 saturated heterocycles. The highest BCUT2D eigenvalue weighted by atomic mass is 16.5. The Bertz CT molecular complexity index is 737. The zero-order valence-electron chi connectivity index (χ0n) is 15.5. The highest BCUT2D eigenvalue weighted by Gasteiger charge is 2.28. The highest BCUT2D eigenvalue weighted by molar-refractivity contribution is 5.79. The Morgan fingerprint density at radius 3 is 2.56 bits per heavy atom. The van der Waals surface area contributed by atoms with Crippen molar-refractivity contribution in [3.05, 3.63) is 41.8 Å². The zero-order valence-corrected chi connectivity index (χ0v) is 15.5. The number of ether oxygens (including phenoxy) is 1. The lowest BCUT2D eigenvalue weighted by molar-refractivity contribution is -0.126. The van der Waals surface area contributed by atoms with Crippen molar-refractivity contribution in [1.29, 1.82) is 0 Å². The van der Waals surface area contributed by atoms with Crippen LogP contribution in [0.5, 0.6) is 0 Å². The summed E-state index contributed by atoms with van der Waals surface area (Å²) in [5, 5.41) is 11.6. The van der Waals surface area contributed by atoms with E-state index >= 15 is 0 Å². The number of hydrogen-bond acceptors (Lipinski definition) is 6. The van der Waals surface area contributed by atoms with Gasteiger partial charge in [-0.1, -0.05) is 54.7 Å². The molecular weight excluding hydrogens is 344 g/mol. The van der Waals surface area contributed by atoms with E-state index in [0.29, 0.717) is 25.1 Å². The number of anilines is 1. The van der Waals surface area contributed by atoms with Crippen molar-refractivity contribution in [3.8, 4) is 0 Å². The molecule has 1 saturated carbocycles. The first kappa shape index (κ1) is 18.0. The fourth-order valence-electron chi connectivity index (χ4n) is 3.78. The predicted molar refractivity (Wildman–Crippen MR) is 100 cm³/mol. The molecule has 1 atom stereocenters. The van der Waals surface area contributed by atoms with Gasteiger partial charge in [-0.2, -0.15) is 0 Å². The van der Waals surface area contributed by atoms with Gasteiger partial charge in [0.05, 0.1) is 13.2 Å². The summed E-state index contributed by atoms with van der Waals surface area (Å²) < 4.78 is 11.3. The standard InChI is InChI=1S/C20H26N4O3/c25-18(16-9-5-2-6-10-16)21-17(15-7-3-1-4-8-15)19-22-23-20(27-19)24-11-13-26-14-12-24/h1,3-4,7-8,16-17H,2,5-6,9-14H2,(H,21,25)/t17-/m0/s1. The molecule has 1 aromatic carbocycles. The van der Waals surface area contributed by atoms with Crippen molar-refractivity contribution in [3.63, 3.8) is 0 Å². The molecule has 2 heterocycles. The molecule has 0 radical (unpaired) electrons. The Kier molecular flexibility index (Phi) is 5.67. The highest BCUT2D eigenvalue weighted by Crippen LogP contribution is 2.28. The number of morpholine rings is 1. The van der Waals surface area contributed by atoms with Gasteiger partial charge in [-0.05, 0) is 18.4 Å². The molecule has 144 valence electrons. The summed E-state index contributed by atoms with van der Waals surface area (Å²) in [7, 11) is 0. The van der Waals surface area contributed by atoms with Crippen LogP contribution in [0.4, 0.5) is 6.01 Å². The van der Waals surface area contributed by atoms with E-state index in [1.54, 1.807) is 0 Å². The van der Waals surface area contributed by atoms with E-state index in [1.807, 2.05) is 35.2 Å². The van der Waals surface area contributed by atoms with E-state index in [2.05, 4.69) is 15.5 Å². The molecule has 0 bridgehead atoms. The van der Waals surface area contributed by atoms with Gasteiger partial charge in [-0.15, -0.1) is 5.10 Å². The van der Waals surface area contributed by atoms with Gasteiger partial charge in [0.1, 0.15) is 6.04 Å². The average Bonchev–Trinajstić information content (AvgIpc) is 3.24. The van der Waals surface area contributed by atoms with Gasteiger partial charge in [-0.25, -0.2) is 0 Å². The van der Waals surface area contributed by atoms with Gasteiger partial charge in [0.2, 0.25) is 11.8 Å². The third-order valence-corrected chi connectivity index (χ3v) is 5.35. The van der Waals surface area contributed by atoms with Crippen molar-refractivity contribution >= 4 is 11.9 Å². The van der Waals surface area contributed by atoms with Crippen LogP contribution >= 0.6 is 0 Å². The summed E-state index contributed by atoms with van der Waals surface area (Å²) in [6, 6.07) is 9.87. The van der Waals surface area contributed by atoms with Gasteiger partial charge in [-0.3, -0.25) is 4.79 Å². The fraction of sp³-hybridized carbons (Fsp3) is 0.550. The Morgan fingerprint density at radius 1 is 1.07 bits per heavy atom. The van der Waals surface area contributed by atoms with Gasteiger partial charge in [0.25, 0.3) is 0 Å². The second kappa shape index (κ2) is 8.52. The molecule has 27 heavy (non-hydrogen) atoms. The number of nitrogens with one attached hydrogen (secondary N) is 1. The number of nitrogens with zero attached hydrogens (tertiary/aromatic N) is 3. The number of rotatable bonds is 5. The average molecular weight is 370 g/mol. The van der Waals surface area contributed by atoms with Crippen LogP contribution in [0.15, 0.2) is 34.7 Å². The molecule has 2 aromatic rings. The molecule has 7 nitrogen and oxygen atoms in total. The van der Waals surface area contributed by atoms with E-state index in [4.69, 9.17) is 9.15 Å². The summed E-state index contributed by atoms with van der Waals surface area (Å²) in [5.74, 6) is 0.577. The molecule has 2 fully saturated rings. The van der Waals surface area contributed by atoms with Crippen LogP contribution in [0.25, 0.3) is 0 Å². The van der Waals surface area contributed by atoms with Crippen molar-refractivity contribution in [1.82, 2.24) is 15.5 Å². The Hall–Kier alpha value is -2.41. The van der Waals surface area contributed by atoms with E-state index in [1.165, 1.54) is 6.42 Å². The third kappa shape index (κ3) is 4.30. The first-order chi connectivity index (χ1) is 13.3. The lowest BCUT2D eigenvalue weighted by Crippen LogP contribution is -2.36. The van der Waals surface area contributed by atoms with Gasteiger partial charge >= 0.3 is 6.01 Å². The van der Waals surface area contributed by atoms with Crippen LogP contribution in [0, 0.1) is 5.92 Å². The minimum Gasteiger partial charge on any atom is -0.405 e. The molecule has 1 N–H and O–H groups in total. The minimum atomic E-state index is -0.428. The maximum absolute atomic E-state index is 12.8. The van der Waals surface area contributed by atoms with Crippen molar-refractivity contribution in [2.24, 2.45) is 5.92 Å². The van der Waals surface area contributed by atoms with Crippen molar-refractivity contribution in [2.45, 2.75) is 38.1 Å². The Balaban J connectivity index is 1.55. The van der Waals surface area contributed by atoms with Gasteiger partial charge < -0.3 is 19.4 Å². The third-order valence-electron chi connectivity index (χ3n) is 5.35. The van der Waals surface area contributed by atoms with Gasteiger partial charge in [0.15, 0.2) is 0 Å². The van der Waals surface area contributed by atoms with Crippen LogP contribution in [-0.4, -0.2) is 42.4 Å². The molecule has 1 aliphatic heterocycles. The number of hydrogen-bond donors (Lipinski definition) is 1. The first-order valence-electron chi connectivity index (χ1n) is 9.82. The number of aromatic nitrogens is 2. The summed E-state index contributed by atoms with van der Waals surface area (Å²) in [4.78, 5) is 14.9. The predicted octanol–water partition coefficient (Wildman–Crippen LogP) is 2.69. The first-order valence-corrected chi connectivity index (χ1v) is 9.82. The molecule has 0 spiro atoms. The van der Waals surface area contributed by atoms with Crippen LogP contribution < -0.4 is 10.2 Å². The maximum Gasteiger partial charge on any atom is 0.318 e.